The van der Waals surface area contributed by atoms with Crippen LogP contribution < -0.4 is 11.1 Å². The normalized spacial score (nSPS) is 34.3. The molecule has 2 bridgehead atoms. The minimum Gasteiger partial charge on any atom is -0.345 e. The summed E-state index contributed by atoms with van der Waals surface area (Å²) >= 11 is 0. The first kappa shape index (κ1) is 11.7. The minimum atomic E-state index is -0.0817. The first-order valence-corrected chi connectivity index (χ1v) is 6.63. The molecule has 4 heteroatoms. The number of rotatable bonds is 2. The zero-order valence-electron chi connectivity index (χ0n) is 10.5. The van der Waals surface area contributed by atoms with E-state index in [0.29, 0.717) is 5.69 Å². The Balaban J connectivity index is 1.75. The minimum absolute atomic E-state index is 0.0460. The average molecular weight is 245 g/mol. The first-order chi connectivity index (χ1) is 8.61. The lowest BCUT2D eigenvalue weighted by Crippen LogP contribution is -2.52. The number of nitrogens with two attached hydrogens (primary N) is 1. The van der Waals surface area contributed by atoms with Crippen molar-refractivity contribution in [3.05, 3.63) is 30.1 Å². The summed E-state index contributed by atoms with van der Waals surface area (Å²) < 4.78 is 0. The largest absolute Gasteiger partial charge is 0.345 e. The summed E-state index contributed by atoms with van der Waals surface area (Å²) in [5, 5.41) is 3.18. The summed E-state index contributed by atoms with van der Waals surface area (Å²) in [4.78, 5) is 16.3. The van der Waals surface area contributed by atoms with Crippen LogP contribution in [0.2, 0.25) is 0 Å². The molecule has 96 valence electrons. The Bertz CT molecular complexity index is 461. The van der Waals surface area contributed by atoms with Gasteiger partial charge in [0.05, 0.1) is 0 Å². The Kier molecular flexibility index (Phi) is 2.63. The molecule has 0 radical (unpaired) electrons. The van der Waals surface area contributed by atoms with Crippen LogP contribution in [0.15, 0.2) is 24.4 Å². The summed E-state index contributed by atoms with van der Waals surface area (Å²) in [7, 11) is 0. The van der Waals surface area contributed by atoms with Gasteiger partial charge in [0.15, 0.2) is 0 Å². The number of fused-ring (bicyclic) bond motifs is 2. The van der Waals surface area contributed by atoms with Crippen LogP contribution >= 0.6 is 0 Å². The van der Waals surface area contributed by atoms with Gasteiger partial charge in [-0.2, -0.15) is 0 Å². The molecule has 3 N–H and O–H groups in total. The predicted molar refractivity (Wildman–Crippen MR) is 69.1 cm³/mol. The molecule has 1 unspecified atom stereocenters. The molecule has 2 aliphatic rings. The van der Waals surface area contributed by atoms with Crippen molar-refractivity contribution in [3.8, 4) is 0 Å². The van der Waals surface area contributed by atoms with Gasteiger partial charge in [0.1, 0.15) is 5.69 Å². The molecule has 1 aromatic rings. The molecular formula is C14H19N3O. The van der Waals surface area contributed by atoms with Gasteiger partial charge in [-0.05, 0) is 50.7 Å². The lowest BCUT2D eigenvalue weighted by Gasteiger charge is -2.37. The van der Waals surface area contributed by atoms with E-state index in [9.17, 15) is 4.79 Å². The van der Waals surface area contributed by atoms with Gasteiger partial charge in [-0.25, -0.2) is 0 Å². The molecule has 2 fully saturated rings. The molecule has 1 amide bonds. The average Bonchev–Trinajstić information content (AvgIpc) is 2.60. The molecule has 0 saturated heterocycles. The molecule has 2 atom stereocenters. The van der Waals surface area contributed by atoms with E-state index in [1.807, 2.05) is 12.1 Å². The maximum Gasteiger partial charge on any atom is 0.270 e. The Morgan fingerprint density at radius 2 is 2.17 bits per heavy atom. The lowest BCUT2D eigenvalue weighted by molar-refractivity contribution is 0.0871. The second kappa shape index (κ2) is 4.05. The topological polar surface area (TPSA) is 68.0 Å². The fraction of sp³-hybridized carbons (Fsp3) is 0.571. The van der Waals surface area contributed by atoms with E-state index in [2.05, 4.69) is 10.3 Å². The highest BCUT2D eigenvalue weighted by molar-refractivity contribution is 5.92. The second-order valence-electron chi connectivity index (χ2n) is 5.84. The van der Waals surface area contributed by atoms with Crippen LogP contribution in [0.3, 0.4) is 0 Å². The zero-order chi connectivity index (χ0) is 12.6. The molecule has 0 spiro atoms. The number of nitrogens with one attached hydrogen (secondary N) is 1. The molecule has 0 aromatic carbocycles. The van der Waals surface area contributed by atoms with E-state index in [-0.39, 0.29) is 17.0 Å². The van der Waals surface area contributed by atoms with Crippen LogP contribution in [0.5, 0.6) is 0 Å². The SMILES string of the molecule is N[C@@]12CCCC(NC(=O)c3ccccn3)(CC1)C2. The number of hydrogen-bond donors (Lipinski definition) is 2. The number of amides is 1. The predicted octanol–water partition coefficient (Wildman–Crippen LogP) is 1.62. The third-order valence-corrected chi connectivity index (χ3v) is 4.40. The highest BCUT2D eigenvalue weighted by Crippen LogP contribution is 2.46. The third kappa shape index (κ3) is 2.01. The maximum atomic E-state index is 12.2. The van der Waals surface area contributed by atoms with Crippen molar-refractivity contribution in [1.29, 1.82) is 0 Å². The molecule has 4 nitrogen and oxygen atoms in total. The number of pyridine rings is 1. The van der Waals surface area contributed by atoms with Crippen LogP contribution in [0.1, 0.15) is 49.0 Å². The second-order valence-corrected chi connectivity index (χ2v) is 5.84. The van der Waals surface area contributed by atoms with Gasteiger partial charge in [0.25, 0.3) is 5.91 Å². The van der Waals surface area contributed by atoms with Gasteiger partial charge in [0, 0.05) is 17.3 Å². The summed E-state index contributed by atoms with van der Waals surface area (Å²) in [6.45, 7) is 0. The highest BCUT2D eigenvalue weighted by atomic mass is 16.2. The van der Waals surface area contributed by atoms with E-state index in [1.165, 1.54) is 0 Å². The van der Waals surface area contributed by atoms with E-state index in [0.717, 1.165) is 38.5 Å². The Morgan fingerprint density at radius 3 is 2.94 bits per heavy atom. The van der Waals surface area contributed by atoms with Crippen LogP contribution in [0, 0.1) is 0 Å². The number of carbonyl (C=O) groups excluding carboxylic acids is 1. The van der Waals surface area contributed by atoms with Crippen molar-refractivity contribution in [1.82, 2.24) is 10.3 Å². The maximum absolute atomic E-state index is 12.2. The first-order valence-electron chi connectivity index (χ1n) is 6.63. The van der Waals surface area contributed by atoms with Crippen molar-refractivity contribution in [2.24, 2.45) is 5.73 Å². The van der Waals surface area contributed by atoms with Crippen LogP contribution in [-0.2, 0) is 0 Å². The van der Waals surface area contributed by atoms with Gasteiger partial charge in [-0.3, -0.25) is 9.78 Å². The number of aromatic nitrogens is 1. The van der Waals surface area contributed by atoms with E-state index < -0.39 is 0 Å². The molecule has 18 heavy (non-hydrogen) atoms. The Labute approximate surface area is 107 Å². The smallest absolute Gasteiger partial charge is 0.270 e. The van der Waals surface area contributed by atoms with Crippen LogP contribution in [0.4, 0.5) is 0 Å². The van der Waals surface area contributed by atoms with Gasteiger partial charge >= 0.3 is 0 Å². The summed E-state index contributed by atoms with van der Waals surface area (Å²) in [6.07, 6.45) is 7.84. The molecular weight excluding hydrogens is 226 g/mol. The standard InChI is InChI=1S/C14H19N3O/c15-13-5-3-6-14(10-13,8-7-13)17-12(18)11-4-1-2-9-16-11/h1-2,4,9H,3,5-8,10,15H2,(H,17,18)/t13-,14?/m0/s1. The quantitative estimate of drug-likeness (QED) is 0.832. The fourth-order valence-corrected chi connectivity index (χ4v) is 3.52. The van der Waals surface area contributed by atoms with Crippen molar-refractivity contribution < 1.29 is 4.79 Å². The van der Waals surface area contributed by atoms with Gasteiger partial charge in [0.2, 0.25) is 0 Å². The summed E-state index contributed by atoms with van der Waals surface area (Å²) in [6, 6.07) is 5.40. The third-order valence-electron chi connectivity index (χ3n) is 4.40. The number of hydrogen-bond acceptors (Lipinski definition) is 3. The monoisotopic (exact) mass is 245 g/mol. The fourth-order valence-electron chi connectivity index (χ4n) is 3.52. The van der Waals surface area contributed by atoms with Crippen molar-refractivity contribution in [3.63, 3.8) is 0 Å². The van der Waals surface area contributed by atoms with Crippen molar-refractivity contribution >= 4 is 5.91 Å². The van der Waals surface area contributed by atoms with Crippen LogP contribution in [-0.4, -0.2) is 22.0 Å². The van der Waals surface area contributed by atoms with Gasteiger partial charge in [-0.15, -0.1) is 0 Å². The lowest BCUT2D eigenvalue weighted by atomic mass is 9.79. The summed E-state index contributed by atoms with van der Waals surface area (Å²) in [5.41, 5.74) is 6.70. The number of carbonyl (C=O) groups is 1. The zero-order valence-corrected chi connectivity index (χ0v) is 10.5. The molecule has 1 heterocycles. The van der Waals surface area contributed by atoms with Crippen molar-refractivity contribution in [2.75, 3.05) is 0 Å². The van der Waals surface area contributed by atoms with E-state index in [4.69, 9.17) is 5.73 Å². The van der Waals surface area contributed by atoms with Crippen molar-refractivity contribution in [2.45, 2.75) is 49.6 Å². The van der Waals surface area contributed by atoms with Gasteiger partial charge in [-0.1, -0.05) is 6.07 Å². The summed E-state index contributed by atoms with van der Waals surface area (Å²) in [5.74, 6) is -0.0678. The van der Waals surface area contributed by atoms with E-state index >= 15 is 0 Å². The number of nitrogens with zero attached hydrogens (tertiary/aromatic N) is 1. The van der Waals surface area contributed by atoms with Gasteiger partial charge < -0.3 is 11.1 Å². The van der Waals surface area contributed by atoms with E-state index in [1.54, 1.807) is 12.3 Å². The molecule has 2 aliphatic carbocycles. The molecule has 0 aliphatic heterocycles. The molecule has 3 rings (SSSR count). The molecule has 2 saturated carbocycles. The van der Waals surface area contributed by atoms with Crippen LogP contribution in [0.25, 0.3) is 0 Å². The molecule has 1 aromatic heterocycles. The Hall–Kier alpha value is -1.42. The highest BCUT2D eigenvalue weighted by Gasteiger charge is 2.49. The Morgan fingerprint density at radius 1 is 1.28 bits per heavy atom.